The van der Waals surface area contributed by atoms with Crippen LogP contribution in [0.4, 0.5) is 0 Å². The fraction of sp³-hybridized carbons (Fsp3) is 0.600. The Kier molecular flexibility index (Phi) is 3.27. The van der Waals surface area contributed by atoms with E-state index in [2.05, 4.69) is 5.32 Å². The van der Waals surface area contributed by atoms with Gasteiger partial charge in [-0.2, -0.15) is 0 Å². The minimum atomic E-state index is -0.105. The highest BCUT2D eigenvalue weighted by Crippen LogP contribution is 2.38. The highest BCUT2D eigenvalue weighted by atomic mass is 16.5. The van der Waals surface area contributed by atoms with Crippen molar-refractivity contribution in [3.63, 3.8) is 0 Å². The molecule has 1 aromatic carbocycles. The molecule has 98 valence electrons. The normalized spacial score (nSPS) is 27.2. The number of hydrogen-bond acceptors (Lipinski definition) is 3. The second-order valence-electron chi connectivity index (χ2n) is 5.49. The van der Waals surface area contributed by atoms with Gasteiger partial charge in [0.2, 0.25) is 0 Å². The number of aromatic hydroxyl groups is 1. The molecule has 0 amide bonds. The van der Waals surface area contributed by atoms with Gasteiger partial charge in [-0.1, -0.05) is 25.0 Å². The van der Waals surface area contributed by atoms with Crippen molar-refractivity contribution >= 4 is 0 Å². The lowest BCUT2D eigenvalue weighted by atomic mass is 10.1. The molecule has 1 spiro atoms. The minimum Gasteiger partial charge on any atom is -0.508 e. The number of nitrogens with one attached hydrogen (secondary N) is 1. The Hall–Kier alpha value is -1.06. The van der Waals surface area contributed by atoms with Crippen LogP contribution >= 0.6 is 0 Å². The van der Waals surface area contributed by atoms with Crippen molar-refractivity contribution < 1.29 is 9.84 Å². The standard InChI is InChI=1S/C15H21NO2/c17-13-7-5-6-12(10-13)14-11-16-15(18-14)8-3-1-2-4-9-15/h5-7,10,14,16-17H,1-4,8-9,11H2/t14-/m1/s1. The summed E-state index contributed by atoms with van der Waals surface area (Å²) in [5, 5.41) is 13.1. The quantitative estimate of drug-likeness (QED) is 0.801. The maximum atomic E-state index is 9.54. The zero-order chi connectivity index (χ0) is 12.4. The summed E-state index contributed by atoms with van der Waals surface area (Å²) in [6.45, 7) is 0.851. The van der Waals surface area contributed by atoms with E-state index < -0.39 is 0 Å². The van der Waals surface area contributed by atoms with Crippen LogP contribution in [0.25, 0.3) is 0 Å². The molecule has 1 aliphatic carbocycles. The Bertz CT molecular complexity index is 411. The molecule has 1 aliphatic heterocycles. The Labute approximate surface area is 108 Å². The van der Waals surface area contributed by atoms with E-state index in [9.17, 15) is 5.11 Å². The number of rotatable bonds is 1. The molecule has 1 atom stereocenters. The van der Waals surface area contributed by atoms with E-state index in [0.29, 0.717) is 5.75 Å². The number of ether oxygens (including phenoxy) is 1. The average molecular weight is 247 g/mol. The maximum Gasteiger partial charge on any atom is 0.120 e. The van der Waals surface area contributed by atoms with Crippen LogP contribution in [0.15, 0.2) is 24.3 Å². The van der Waals surface area contributed by atoms with E-state index in [1.807, 2.05) is 18.2 Å². The second-order valence-corrected chi connectivity index (χ2v) is 5.49. The van der Waals surface area contributed by atoms with Gasteiger partial charge < -0.3 is 9.84 Å². The van der Waals surface area contributed by atoms with Crippen LogP contribution in [0.5, 0.6) is 5.75 Å². The molecule has 0 unspecified atom stereocenters. The van der Waals surface area contributed by atoms with Gasteiger partial charge in [-0.3, -0.25) is 5.32 Å². The van der Waals surface area contributed by atoms with Crippen molar-refractivity contribution in [1.29, 1.82) is 0 Å². The lowest BCUT2D eigenvalue weighted by Crippen LogP contribution is -2.40. The summed E-state index contributed by atoms with van der Waals surface area (Å²) in [5.41, 5.74) is 0.968. The van der Waals surface area contributed by atoms with Gasteiger partial charge in [-0.25, -0.2) is 0 Å². The fourth-order valence-electron chi connectivity index (χ4n) is 3.14. The first kappa shape index (κ1) is 12.0. The lowest BCUT2D eigenvalue weighted by Gasteiger charge is -2.28. The third-order valence-electron chi connectivity index (χ3n) is 4.13. The maximum absolute atomic E-state index is 9.54. The third kappa shape index (κ3) is 2.38. The third-order valence-corrected chi connectivity index (χ3v) is 4.13. The van der Waals surface area contributed by atoms with Gasteiger partial charge in [-0.15, -0.1) is 0 Å². The van der Waals surface area contributed by atoms with E-state index >= 15 is 0 Å². The summed E-state index contributed by atoms with van der Waals surface area (Å²) in [4.78, 5) is 0. The van der Waals surface area contributed by atoms with Gasteiger partial charge in [0, 0.05) is 6.54 Å². The molecule has 1 saturated carbocycles. The van der Waals surface area contributed by atoms with Gasteiger partial charge in [0.1, 0.15) is 11.5 Å². The Morgan fingerprint density at radius 3 is 2.67 bits per heavy atom. The molecule has 0 radical (unpaired) electrons. The minimum absolute atomic E-state index is 0.0789. The van der Waals surface area contributed by atoms with E-state index in [4.69, 9.17) is 4.74 Å². The van der Waals surface area contributed by atoms with E-state index in [0.717, 1.165) is 24.9 Å². The Balaban J connectivity index is 1.74. The molecule has 2 N–H and O–H groups in total. The van der Waals surface area contributed by atoms with Crippen LogP contribution in [0.1, 0.15) is 50.2 Å². The summed E-state index contributed by atoms with van der Waals surface area (Å²) in [7, 11) is 0. The predicted molar refractivity (Wildman–Crippen MR) is 70.4 cm³/mol. The molecule has 0 bridgehead atoms. The smallest absolute Gasteiger partial charge is 0.120 e. The largest absolute Gasteiger partial charge is 0.508 e. The van der Waals surface area contributed by atoms with Gasteiger partial charge in [0.25, 0.3) is 0 Å². The molecular weight excluding hydrogens is 226 g/mol. The highest BCUT2D eigenvalue weighted by Gasteiger charge is 2.40. The fourth-order valence-corrected chi connectivity index (χ4v) is 3.14. The average Bonchev–Trinajstić information content (AvgIpc) is 2.64. The number of benzene rings is 1. The van der Waals surface area contributed by atoms with Gasteiger partial charge >= 0.3 is 0 Å². The van der Waals surface area contributed by atoms with E-state index in [1.54, 1.807) is 6.07 Å². The van der Waals surface area contributed by atoms with E-state index in [1.165, 1.54) is 25.7 Å². The van der Waals surface area contributed by atoms with Crippen LogP contribution in [0.2, 0.25) is 0 Å². The number of phenols is 1. The molecule has 1 heterocycles. The van der Waals surface area contributed by atoms with Crippen molar-refractivity contribution in [2.45, 2.75) is 50.4 Å². The number of phenolic OH excluding ortho intramolecular Hbond substituents is 1. The molecule has 1 aromatic rings. The Morgan fingerprint density at radius 1 is 1.17 bits per heavy atom. The molecule has 3 nitrogen and oxygen atoms in total. The van der Waals surface area contributed by atoms with Crippen molar-refractivity contribution in [1.82, 2.24) is 5.32 Å². The summed E-state index contributed by atoms with van der Waals surface area (Å²) < 4.78 is 6.29. The first-order valence-electron chi connectivity index (χ1n) is 6.99. The summed E-state index contributed by atoms with van der Waals surface area (Å²) in [5.74, 6) is 0.318. The zero-order valence-corrected chi connectivity index (χ0v) is 10.7. The first-order chi connectivity index (χ1) is 8.77. The molecule has 1 saturated heterocycles. The summed E-state index contributed by atoms with van der Waals surface area (Å²) in [6.07, 6.45) is 7.45. The molecule has 3 rings (SSSR count). The molecule has 0 aromatic heterocycles. The van der Waals surface area contributed by atoms with Crippen LogP contribution in [0.3, 0.4) is 0 Å². The van der Waals surface area contributed by atoms with Crippen molar-refractivity contribution in [3.05, 3.63) is 29.8 Å². The zero-order valence-electron chi connectivity index (χ0n) is 10.7. The summed E-state index contributed by atoms with van der Waals surface area (Å²) >= 11 is 0. The van der Waals surface area contributed by atoms with E-state index in [-0.39, 0.29) is 11.8 Å². The molecule has 18 heavy (non-hydrogen) atoms. The topological polar surface area (TPSA) is 41.5 Å². The molecule has 2 fully saturated rings. The summed E-state index contributed by atoms with van der Waals surface area (Å²) in [6, 6.07) is 7.42. The van der Waals surface area contributed by atoms with Crippen molar-refractivity contribution in [3.8, 4) is 5.75 Å². The first-order valence-corrected chi connectivity index (χ1v) is 6.99. The second kappa shape index (κ2) is 4.90. The van der Waals surface area contributed by atoms with Crippen molar-refractivity contribution in [2.75, 3.05) is 6.54 Å². The Morgan fingerprint density at radius 2 is 1.94 bits per heavy atom. The molecule has 2 aliphatic rings. The molecular formula is C15H21NO2. The van der Waals surface area contributed by atoms with Crippen LogP contribution in [0, 0.1) is 0 Å². The van der Waals surface area contributed by atoms with Crippen LogP contribution in [-0.4, -0.2) is 17.4 Å². The SMILES string of the molecule is Oc1cccc([C@H]2CNC3(CCCCCC3)O2)c1. The number of hydrogen-bond donors (Lipinski definition) is 2. The lowest BCUT2D eigenvalue weighted by molar-refractivity contribution is -0.0614. The highest BCUT2D eigenvalue weighted by molar-refractivity contribution is 5.29. The van der Waals surface area contributed by atoms with Gasteiger partial charge in [-0.05, 0) is 43.4 Å². The molecule has 3 heteroatoms. The van der Waals surface area contributed by atoms with Crippen LogP contribution < -0.4 is 5.32 Å². The van der Waals surface area contributed by atoms with Gasteiger partial charge in [0.05, 0.1) is 6.10 Å². The van der Waals surface area contributed by atoms with Crippen molar-refractivity contribution in [2.24, 2.45) is 0 Å². The van der Waals surface area contributed by atoms with Crippen LogP contribution in [-0.2, 0) is 4.74 Å². The predicted octanol–water partition coefficient (Wildman–Crippen LogP) is 3.10. The van der Waals surface area contributed by atoms with Gasteiger partial charge in [0.15, 0.2) is 0 Å². The monoisotopic (exact) mass is 247 g/mol.